The second kappa shape index (κ2) is 4.09. The van der Waals surface area contributed by atoms with Crippen LogP contribution in [0.3, 0.4) is 0 Å². The number of aromatic nitrogens is 2. The van der Waals surface area contributed by atoms with Crippen LogP contribution in [-0.4, -0.2) is 14.9 Å². The van der Waals surface area contributed by atoms with Gasteiger partial charge in [-0.05, 0) is 45.4 Å². The van der Waals surface area contributed by atoms with Gasteiger partial charge in [0.2, 0.25) is 0 Å². The number of nitrogens with zero attached hydrogens (tertiary/aromatic N) is 2. The summed E-state index contributed by atoms with van der Waals surface area (Å²) in [5, 5.41) is 9.12. The summed E-state index contributed by atoms with van der Waals surface area (Å²) < 4.78 is 1.03. The molecule has 3 heteroatoms. The van der Waals surface area contributed by atoms with E-state index in [9.17, 15) is 0 Å². The lowest BCUT2D eigenvalue weighted by molar-refractivity contribution is 0.185. The quantitative estimate of drug-likeness (QED) is 0.597. The van der Waals surface area contributed by atoms with Crippen molar-refractivity contribution in [2.75, 3.05) is 0 Å². The molecule has 15 heavy (non-hydrogen) atoms. The van der Waals surface area contributed by atoms with E-state index in [-0.39, 0.29) is 0 Å². The van der Waals surface area contributed by atoms with Crippen LogP contribution in [-0.2, 0) is 6.42 Å². The predicted octanol–water partition coefficient (Wildman–Crippen LogP) is 2.80. The number of allylic oxidation sites excluding steroid dienone is 2. The Morgan fingerprint density at radius 2 is 2.27 bits per heavy atom. The van der Waals surface area contributed by atoms with Crippen LogP contribution in [0, 0.1) is 5.92 Å². The zero-order valence-corrected chi connectivity index (χ0v) is 9.40. The van der Waals surface area contributed by atoms with Crippen LogP contribution in [0.4, 0.5) is 0 Å². The number of hydrogen-bond acceptors (Lipinski definition) is 2. The highest BCUT2D eigenvalue weighted by atomic mass is 16.5. The van der Waals surface area contributed by atoms with Gasteiger partial charge in [-0.2, -0.15) is 4.73 Å². The van der Waals surface area contributed by atoms with E-state index in [0.29, 0.717) is 5.92 Å². The van der Waals surface area contributed by atoms with Gasteiger partial charge in [0.05, 0.1) is 11.9 Å². The first-order valence-corrected chi connectivity index (χ1v) is 5.52. The summed E-state index contributed by atoms with van der Waals surface area (Å²) in [6.07, 6.45) is 7.78. The fraction of sp³-hybridized carbons (Fsp3) is 0.583. The summed E-state index contributed by atoms with van der Waals surface area (Å²) in [5.41, 5.74) is 4.09. The van der Waals surface area contributed by atoms with Crippen molar-refractivity contribution in [1.29, 1.82) is 0 Å². The van der Waals surface area contributed by atoms with Crippen LogP contribution < -0.4 is 0 Å². The van der Waals surface area contributed by atoms with Crippen LogP contribution in [0.5, 0.6) is 0 Å². The minimum absolute atomic E-state index is 0.698. The van der Waals surface area contributed by atoms with Crippen LogP contribution in [0.15, 0.2) is 23.7 Å². The second-order valence-corrected chi connectivity index (χ2v) is 4.62. The molecule has 1 N–H and O–H groups in total. The predicted molar refractivity (Wildman–Crippen MR) is 58.8 cm³/mol. The molecule has 0 fully saturated rings. The minimum Gasteiger partial charge on any atom is -0.427 e. The van der Waals surface area contributed by atoms with Crippen molar-refractivity contribution in [3.63, 3.8) is 0 Å². The lowest BCUT2D eigenvalue weighted by Crippen LogP contribution is -2.11. The Hall–Kier alpha value is -1.25. The third-order valence-corrected chi connectivity index (χ3v) is 3.37. The van der Waals surface area contributed by atoms with Gasteiger partial charge in [0.25, 0.3) is 0 Å². The maximum Gasteiger partial charge on any atom is 0.131 e. The van der Waals surface area contributed by atoms with Gasteiger partial charge < -0.3 is 5.21 Å². The Morgan fingerprint density at radius 1 is 1.47 bits per heavy atom. The first-order chi connectivity index (χ1) is 7.15. The van der Waals surface area contributed by atoms with Crippen molar-refractivity contribution in [3.8, 4) is 0 Å². The molecule has 0 saturated heterocycles. The lowest BCUT2D eigenvalue weighted by atomic mass is 9.83. The molecule has 1 aromatic heterocycles. The first kappa shape index (κ1) is 10.3. The average Bonchev–Trinajstić information content (AvgIpc) is 2.58. The SMILES string of the molecule is CC1=C(C)CC(Cc2cn(O)cn2)CC1. The van der Waals surface area contributed by atoms with E-state index < -0.39 is 0 Å². The molecule has 1 atom stereocenters. The van der Waals surface area contributed by atoms with E-state index >= 15 is 0 Å². The highest BCUT2D eigenvalue weighted by Gasteiger charge is 2.17. The summed E-state index contributed by atoms with van der Waals surface area (Å²) in [5.74, 6) is 0.698. The van der Waals surface area contributed by atoms with Gasteiger partial charge in [0, 0.05) is 0 Å². The Bertz CT molecular complexity index is 379. The second-order valence-electron chi connectivity index (χ2n) is 4.62. The summed E-state index contributed by atoms with van der Waals surface area (Å²) in [4.78, 5) is 4.15. The summed E-state index contributed by atoms with van der Waals surface area (Å²) in [7, 11) is 0. The average molecular weight is 206 g/mol. The van der Waals surface area contributed by atoms with E-state index in [0.717, 1.165) is 16.8 Å². The van der Waals surface area contributed by atoms with Crippen molar-refractivity contribution in [1.82, 2.24) is 9.71 Å². The molecular weight excluding hydrogens is 188 g/mol. The van der Waals surface area contributed by atoms with Crippen molar-refractivity contribution < 1.29 is 5.21 Å². The molecule has 3 nitrogen and oxygen atoms in total. The maximum absolute atomic E-state index is 9.12. The van der Waals surface area contributed by atoms with Crippen molar-refractivity contribution >= 4 is 0 Å². The molecule has 2 rings (SSSR count). The highest BCUT2D eigenvalue weighted by Crippen LogP contribution is 2.30. The maximum atomic E-state index is 9.12. The van der Waals surface area contributed by atoms with Gasteiger partial charge >= 0.3 is 0 Å². The number of hydrogen-bond donors (Lipinski definition) is 1. The molecule has 1 heterocycles. The zero-order valence-electron chi connectivity index (χ0n) is 9.40. The smallest absolute Gasteiger partial charge is 0.131 e. The largest absolute Gasteiger partial charge is 0.427 e. The Labute approximate surface area is 90.4 Å². The normalized spacial score (nSPS) is 22.1. The molecule has 1 aromatic rings. The zero-order chi connectivity index (χ0) is 10.8. The highest BCUT2D eigenvalue weighted by molar-refractivity contribution is 5.14. The molecule has 0 amide bonds. The molecule has 0 aromatic carbocycles. The van der Waals surface area contributed by atoms with E-state index in [1.807, 2.05) is 0 Å². The van der Waals surface area contributed by atoms with Crippen LogP contribution in [0.2, 0.25) is 0 Å². The third kappa shape index (κ3) is 2.41. The Morgan fingerprint density at radius 3 is 2.87 bits per heavy atom. The molecule has 0 aliphatic heterocycles. The minimum atomic E-state index is 0.698. The van der Waals surface area contributed by atoms with E-state index in [1.54, 1.807) is 11.8 Å². The summed E-state index contributed by atoms with van der Waals surface area (Å²) in [6.45, 7) is 4.46. The standard InChI is InChI=1S/C12H18N2O/c1-9-3-4-11(5-10(9)2)6-12-7-14(15)8-13-12/h7-8,11,15H,3-6H2,1-2H3. The van der Waals surface area contributed by atoms with Gasteiger partial charge in [0.15, 0.2) is 0 Å². The van der Waals surface area contributed by atoms with Crippen molar-refractivity contribution in [2.24, 2.45) is 5.92 Å². The fourth-order valence-electron chi connectivity index (χ4n) is 2.27. The van der Waals surface area contributed by atoms with Crippen LogP contribution in [0.1, 0.15) is 38.8 Å². The molecule has 0 radical (unpaired) electrons. The number of rotatable bonds is 2. The van der Waals surface area contributed by atoms with E-state index in [1.165, 1.54) is 31.2 Å². The van der Waals surface area contributed by atoms with Gasteiger partial charge in [-0.1, -0.05) is 11.1 Å². The third-order valence-electron chi connectivity index (χ3n) is 3.37. The molecule has 0 spiro atoms. The molecule has 1 aliphatic carbocycles. The van der Waals surface area contributed by atoms with Gasteiger partial charge in [-0.3, -0.25) is 0 Å². The van der Waals surface area contributed by atoms with Crippen LogP contribution in [0.25, 0.3) is 0 Å². The van der Waals surface area contributed by atoms with Crippen LogP contribution >= 0.6 is 0 Å². The topological polar surface area (TPSA) is 38.0 Å². The number of imidazole rings is 1. The molecule has 1 aliphatic rings. The molecule has 82 valence electrons. The van der Waals surface area contributed by atoms with Crippen molar-refractivity contribution in [2.45, 2.75) is 39.5 Å². The Kier molecular flexibility index (Phi) is 2.80. The summed E-state index contributed by atoms with van der Waals surface area (Å²) >= 11 is 0. The lowest BCUT2D eigenvalue weighted by Gasteiger charge is -2.23. The summed E-state index contributed by atoms with van der Waals surface area (Å²) in [6, 6.07) is 0. The molecule has 0 saturated carbocycles. The Balaban J connectivity index is 1.97. The van der Waals surface area contributed by atoms with Gasteiger partial charge in [-0.25, -0.2) is 4.98 Å². The molecule has 0 bridgehead atoms. The monoisotopic (exact) mass is 206 g/mol. The van der Waals surface area contributed by atoms with E-state index in [4.69, 9.17) is 5.21 Å². The van der Waals surface area contributed by atoms with Crippen molar-refractivity contribution in [3.05, 3.63) is 29.4 Å². The van der Waals surface area contributed by atoms with Gasteiger partial charge in [0.1, 0.15) is 6.33 Å². The molecular formula is C12H18N2O. The van der Waals surface area contributed by atoms with E-state index in [2.05, 4.69) is 18.8 Å². The molecule has 1 unspecified atom stereocenters. The van der Waals surface area contributed by atoms with Gasteiger partial charge in [-0.15, -0.1) is 0 Å². The fourth-order valence-corrected chi connectivity index (χ4v) is 2.27. The first-order valence-electron chi connectivity index (χ1n) is 5.52.